The summed E-state index contributed by atoms with van der Waals surface area (Å²) in [5.74, 6) is 2.01. The average Bonchev–Trinajstić information content (AvgIpc) is 3.25. The van der Waals surface area contributed by atoms with Crippen molar-refractivity contribution < 1.29 is 5.11 Å². The Labute approximate surface area is 177 Å². The van der Waals surface area contributed by atoms with E-state index in [1.165, 1.54) is 16.6 Å². The summed E-state index contributed by atoms with van der Waals surface area (Å²) in [6.45, 7) is 4.42. The third-order valence-electron chi connectivity index (χ3n) is 6.49. The summed E-state index contributed by atoms with van der Waals surface area (Å²) in [6.07, 6.45) is 8.17. The van der Waals surface area contributed by atoms with Crippen molar-refractivity contribution in [3.63, 3.8) is 0 Å². The van der Waals surface area contributed by atoms with Gasteiger partial charge in [-0.25, -0.2) is 4.98 Å². The Morgan fingerprint density at radius 3 is 2.70 bits per heavy atom. The number of aliphatic hydroxyl groups excluding tert-OH is 1. The largest absolute Gasteiger partial charge is 0.396 e. The van der Waals surface area contributed by atoms with Gasteiger partial charge in [-0.3, -0.25) is 0 Å². The molecule has 0 spiro atoms. The van der Waals surface area contributed by atoms with Gasteiger partial charge < -0.3 is 25.2 Å². The lowest BCUT2D eigenvalue weighted by molar-refractivity contribution is 0.185. The summed E-state index contributed by atoms with van der Waals surface area (Å²) in [6, 6.07) is 11.0. The molecule has 1 aliphatic carbocycles. The van der Waals surface area contributed by atoms with Crippen LogP contribution in [0.3, 0.4) is 0 Å². The van der Waals surface area contributed by atoms with Gasteiger partial charge in [0.1, 0.15) is 5.82 Å². The molecular formula is C23H30N6O. The second-order valence-electron chi connectivity index (χ2n) is 8.42. The molecule has 30 heavy (non-hydrogen) atoms. The number of fused-ring (bicyclic) bond motifs is 1. The number of hydrogen-bond donors (Lipinski definition) is 3. The van der Waals surface area contributed by atoms with Crippen LogP contribution in [0.4, 0.5) is 11.6 Å². The molecule has 0 bridgehead atoms. The third-order valence-corrected chi connectivity index (χ3v) is 6.49. The van der Waals surface area contributed by atoms with Crippen molar-refractivity contribution in [2.75, 3.05) is 43.0 Å². The lowest BCUT2D eigenvalue weighted by Gasteiger charge is -2.30. The zero-order valence-electron chi connectivity index (χ0n) is 17.3. The van der Waals surface area contributed by atoms with Crippen LogP contribution < -0.4 is 15.5 Å². The van der Waals surface area contributed by atoms with Gasteiger partial charge in [0, 0.05) is 62.3 Å². The Kier molecular flexibility index (Phi) is 5.55. The first-order valence-corrected chi connectivity index (χ1v) is 11.1. The van der Waals surface area contributed by atoms with E-state index in [2.05, 4.69) is 55.5 Å². The first-order valence-electron chi connectivity index (χ1n) is 11.1. The zero-order valence-corrected chi connectivity index (χ0v) is 17.3. The molecule has 3 heterocycles. The van der Waals surface area contributed by atoms with Gasteiger partial charge in [0.25, 0.3) is 0 Å². The maximum absolute atomic E-state index is 9.34. The highest BCUT2D eigenvalue weighted by Gasteiger charge is 2.21. The fraction of sp³-hybridized carbons (Fsp3) is 0.478. The Hall–Kier alpha value is -2.64. The molecule has 7 heteroatoms. The van der Waals surface area contributed by atoms with Crippen molar-refractivity contribution >= 4 is 22.5 Å². The van der Waals surface area contributed by atoms with E-state index < -0.39 is 0 Å². The number of aliphatic hydroxyl groups is 1. The molecule has 0 radical (unpaired) electrons. The van der Waals surface area contributed by atoms with Crippen molar-refractivity contribution in [3.05, 3.63) is 42.7 Å². The van der Waals surface area contributed by atoms with Gasteiger partial charge in [-0.05, 0) is 55.9 Å². The molecule has 2 fully saturated rings. The molecular weight excluding hydrogens is 376 g/mol. The van der Waals surface area contributed by atoms with Crippen LogP contribution in [0.5, 0.6) is 0 Å². The number of nitrogens with zero attached hydrogens (tertiary/aromatic N) is 4. The lowest BCUT2D eigenvalue weighted by Crippen LogP contribution is -2.43. The molecule has 1 saturated carbocycles. The van der Waals surface area contributed by atoms with Crippen LogP contribution in [0.2, 0.25) is 0 Å². The molecule has 7 nitrogen and oxygen atoms in total. The van der Waals surface area contributed by atoms with Crippen molar-refractivity contribution in [2.45, 2.75) is 31.7 Å². The smallest absolute Gasteiger partial charge is 0.224 e. The topological polar surface area (TPSA) is 78.2 Å². The fourth-order valence-corrected chi connectivity index (χ4v) is 4.76. The Balaban J connectivity index is 1.39. The zero-order chi connectivity index (χ0) is 20.3. The van der Waals surface area contributed by atoms with E-state index in [9.17, 15) is 5.11 Å². The van der Waals surface area contributed by atoms with Gasteiger partial charge in [-0.1, -0.05) is 6.07 Å². The molecule has 5 rings (SSSR count). The van der Waals surface area contributed by atoms with Crippen LogP contribution in [0.1, 0.15) is 25.7 Å². The summed E-state index contributed by atoms with van der Waals surface area (Å²) in [5, 5.41) is 17.5. The maximum Gasteiger partial charge on any atom is 0.224 e. The van der Waals surface area contributed by atoms with Gasteiger partial charge in [0.2, 0.25) is 5.95 Å². The maximum atomic E-state index is 9.34. The van der Waals surface area contributed by atoms with Crippen LogP contribution in [-0.2, 0) is 0 Å². The molecule has 2 aromatic heterocycles. The summed E-state index contributed by atoms with van der Waals surface area (Å²) >= 11 is 0. The van der Waals surface area contributed by atoms with Gasteiger partial charge in [0.05, 0.1) is 5.52 Å². The molecule has 1 aliphatic heterocycles. The molecule has 1 aromatic carbocycles. The molecule has 3 N–H and O–H groups in total. The van der Waals surface area contributed by atoms with Crippen LogP contribution >= 0.6 is 0 Å². The second kappa shape index (κ2) is 8.62. The fourth-order valence-electron chi connectivity index (χ4n) is 4.76. The number of anilines is 2. The van der Waals surface area contributed by atoms with Crippen LogP contribution in [0.15, 0.2) is 42.7 Å². The minimum atomic E-state index is 0.301. The third kappa shape index (κ3) is 3.87. The molecule has 0 atom stereocenters. The number of piperazine rings is 1. The minimum absolute atomic E-state index is 0.301. The molecule has 0 unspecified atom stereocenters. The number of nitrogens with one attached hydrogen (secondary N) is 2. The first kappa shape index (κ1) is 19.3. The van der Waals surface area contributed by atoms with Crippen molar-refractivity contribution in [1.82, 2.24) is 19.9 Å². The van der Waals surface area contributed by atoms with Gasteiger partial charge >= 0.3 is 0 Å². The highest BCUT2D eigenvalue weighted by atomic mass is 16.3. The van der Waals surface area contributed by atoms with Gasteiger partial charge in [-0.15, -0.1) is 0 Å². The SMILES string of the molecule is OCC1CCC(Nc2nccc(-n3ccc4c(N5CCNCC5)cccc43)n2)CC1. The minimum Gasteiger partial charge on any atom is -0.396 e. The highest BCUT2D eigenvalue weighted by molar-refractivity contribution is 5.94. The predicted molar refractivity (Wildman–Crippen MR) is 120 cm³/mol. The monoisotopic (exact) mass is 406 g/mol. The number of benzene rings is 1. The molecule has 2 aliphatic rings. The standard InChI is InChI=1S/C23H30N6O/c30-16-17-4-6-18(7-5-17)26-23-25-10-8-22(27-23)29-13-9-19-20(2-1-3-21(19)29)28-14-11-24-12-15-28/h1-3,8-10,13,17-18,24,30H,4-7,11-12,14-16H2,(H,25,26,27). The van der Waals surface area contributed by atoms with E-state index in [1.807, 2.05) is 12.3 Å². The van der Waals surface area contributed by atoms with E-state index in [-0.39, 0.29) is 0 Å². The highest BCUT2D eigenvalue weighted by Crippen LogP contribution is 2.30. The van der Waals surface area contributed by atoms with Gasteiger partial charge in [0.15, 0.2) is 0 Å². The Morgan fingerprint density at radius 1 is 1.07 bits per heavy atom. The number of aromatic nitrogens is 3. The lowest BCUT2D eigenvalue weighted by atomic mass is 9.87. The molecule has 3 aromatic rings. The van der Waals surface area contributed by atoms with E-state index in [4.69, 9.17) is 4.98 Å². The molecule has 1 saturated heterocycles. The summed E-state index contributed by atoms with van der Waals surface area (Å²) in [4.78, 5) is 11.7. The molecule has 158 valence electrons. The summed E-state index contributed by atoms with van der Waals surface area (Å²) in [7, 11) is 0. The average molecular weight is 407 g/mol. The summed E-state index contributed by atoms with van der Waals surface area (Å²) in [5.41, 5.74) is 2.46. The number of rotatable bonds is 5. The normalized spacial score (nSPS) is 22.4. The first-order chi connectivity index (χ1) is 14.8. The second-order valence-corrected chi connectivity index (χ2v) is 8.42. The Morgan fingerprint density at radius 2 is 1.90 bits per heavy atom. The quantitative estimate of drug-likeness (QED) is 0.605. The predicted octanol–water partition coefficient (Wildman–Crippen LogP) is 2.79. The molecule has 0 amide bonds. The van der Waals surface area contributed by atoms with Crippen LogP contribution in [0.25, 0.3) is 16.7 Å². The van der Waals surface area contributed by atoms with Crippen molar-refractivity contribution in [1.29, 1.82) is 0 Å². The van der Waals surface area contributed by atoms with Gasteiger partial charge in [-0.2, -0.15) is 4.98 Å². The van der Waals surface area contributed by atoms with Crippen molar-refractivity contribution in [3.8, 4) is 5.82 Å². The van der Waals surface area contributed by atoms with E-state index in [0.29, 0.717) is 24.5 Å². The van der Waals surface area contributed by atoms with Crippen molar-refractivity contribution in [2.24, 2.45) is 5.92 Å². The van der Waals surface area contributed by atoms with Crippen LogP contribution in [-0.4, -0.2) is 58.5 Å². The Bertz CT molecular complexity index is 988. The van der Waals surface area contributed by atoms with E-state index >= 15 is 0 Å². The van der Waals surface area contributed by atoms with Crippen LogP contribution in [0, 0.1) is 5.92 Å². The number of hydrogen-bond acceptors (Lipinski definition) is 6. The van der Waals surface area contributed by atoms with E-state index in [0.717, 1.165) is 57.7 Å². The van der Waals surface area contributed by atoms with E-state index in [1.54, 1.807) is 0 Å². The summed E-state index contributed by atoms with van der Waals surface area (Å²) < 4.78 is 2.15.